The highest BCUT2D eigenvalue weighted by atomic mass is 16.6. The van der Waals surface area contributed by atoms with Gasteiger partial charge in [-0.1, -0.05) is 24.1 Å². The van der Waals surface area contributed by atoms with E-state index in [1.165, 1.54) is 0 Å². The fraction of sp³-hybridized carbons (Fsp3) is 0.545. The predicted octanol–water partition coefficient (Wildman–Crippen LogP) is 2.88. The van der Waals surface area contributed by atoms with Crippen molar-refractivity contribution in [2.45, 2.75) is 50.5 Å². The quantitative estimate of drug-likeness (QED) is 0.551. The Kier molecular flexibility index (Phi) is 4.39. The van der Waals surface area contributed by atoms with Crippen molar-refractivity contribution in [2.24, 2.45) is 22.4 Å². The van der Waals surface area contributed by atoms with Crippen molar-refractivity contribution in [3.8, 4) is 18.1 Å². The second-order valence-corrected chi connectivity index (χ2v) is 8.56. The van der Waals surface area contributed by atoms with E-state index in [2.05, 4.69) is 18.0 Å². The molecule has 2 saturated carbocycles. The summed E-state index contributed by atoms with van der Waals surface area (Å²) in [5.74, 6) is 2.51. The van der Waals surface area contributed by atoms with Gasteiger partial charge in [-0.3, -0.25) is 0 Å². The van der Waals surface area contributed by atoms with Gasteiger partial charge in [0.2, 0.25) is 6.61 Å². The summed E-state index contributed by atoms with van der Waals surface area (Å²) in [6.45, 7) is 1.59. The van der Waals surface area contributed by atoms with Crippen LogP contribution in [0.5, 0.6) is 5.75 Å². The lowest BCUT2D eigenvalue weighted by atomic mass is 9.53. The van der Waals surface area contributed by atoms with Crippen LogP contribution in [0.25, 0.3) is 0 Å². The molecule has 6 nitrogen and oxygen atoms in total. The molecule has 4 rings (SSSR count). The lowest BCUT2D eigenvalue weighted by Gasteiger charge is -2.52. The van der Waals surface area contributed by atoms with E-state index < -0.39 is 18.2 Å². The number of aliphatic carboxylic acids is 1. The minimum absolute atomic E-state index is 0.145. The first kappa shape index (κ1) is 18.8. The van der Waals surface area contributed by atoms with Crippen LogP contribution >= 0.6 is 0 Å². The van der Waals surface area contributed by atoms with E-state index in [-0.39, 0.29) is 23.0 Å². The summed E-state index contributed by atoms with van der Waals surface area (Å²) in [5.41, 5.74) is 1.14. The first-order valence-corrected chi connectivity index (χ1v) is 9.73. The third-order valence-electron chi connectivity index (χ3n) is 7.37. The van der Waals surface area contributed by atoms with Crippen molar-refractivity contribution in [3.63, 3.8) is 0 Å². The van der Waals surface area contributed by atoms with Gasteiger partial charge in [0, 0.05) is 11.0 Å². The van der Waals surface area contributed by atoms with Crippen LogP contribution in [0.4, 0.5) is 0 Å². The molecule has 2 fully saturated rings. The highest BCUT2D eigenvalue weighted by molar-refractivity contribution is 6.03. The van der Waals surface area contributed by atoms with Gasteiger partial charge in [-0.05, 0) is 67.6 Å². The second-order valence-electron chi connectivity index (χ2n) is 8.56. The van der Waals surface area contributed by atoms with E-state index in [9.17, 15) is 15.0 Å². The molecule has 0 spiro atoms. The Labute approximate surface area is 164 Å². The number of aliphatic hydroxyl groups is 1. The third kappa shape index (κ3) is 2.68. The van der Waals surface area contributed by atoms with Crippen LogP contribution < -0.4 is 0 Å². The van der Waals surface area contributed by atoms with Crippen molar-refractivity contribution < 1.29 is 25.0 Å². The summed E-state index contributed by atoms with van der Waals surface area (Å²) in [6, 6.07) is 5.28. The van der Waals surface area contributed by atoms with Crippen molar-refractivity contribution >= 4 is 11.7 Å². The number of phenols is 1. The van der Waals surface area contributed by atoms with Gasteiger partial charge >= 0.3 is 5.97 Å². The molecule has 3 aliphatic carbocycles. The summed E-state index contributed by atoms with van der Waals surface area (Å²) in [4.78, 5) is 15.8. The van der Waals surface area contributed by atoms with Crippen LogP contribution in [0.2, 0.25) is 0 Å². The molecule has 6 heteroatoms. The van der Waals surface area contributed by atoms with Crippen molar-refractivity contribution in [3.05, 3.63) is 29.3 Å². The minimum Gasteiger partial charge on any atom is -0.508 e. The number of hydrogen-bond acceptors (Lipinski definition) is 5. The number of terminal acetylenes is 1. The van der Waals surface area contributed by atoms with Crippen LogP contribution in [-0.2, 0) is 9.63 Å². The van der Waals surface area contributed by atoms with Gasteiger partial charge in [0.15, 0.2) is 0 Å². The Balaban J connectivity index is 1.74. The van der Waals surface area contributed by atoms with E-state index in [4.69, 9.17) is 16.4 Å². The maximum absolute atomic E-state index is 11.1. The fourth-order valence-electron chi connectivity index (χ4n) is 5.91. The van der Waals surface area contributed by atoms with Crippen LogP contribution in [-0.4, -0.2) is 39.2 Å². The maximum Gasteiger partial charge on any atom is 0.344 e. The molecule has 28 heavy (non-hydrogen) atoms. The maximum atomic E-state index is 11.1. The average Bonchev–Trinajstić information content (AvgIpc) is 2.93. The first-order chi connectivity index (χ1) is 13.3. The minimum atomic E-state index is -1.09. The smallest absolute Gasteiger partial charge is 0.344 e. The number of phenolic OH excluding ortho intramolecular Hbond substituents is 1. The van der Waals surface area contributed by atoms with Crippen molar-refractivity contribution in [1.82, 2.24) is 0 Å². The number of benzene rings is 1. The molecule has 3 aliphatic rings. The monoisotopic (exact) mass is 383 g/mol. The Bertz CT molecular complexity index is 887. The number of aromatic hydroxyl groups is 1. The number of fused-ring (bicyclic) bond motifs is 5. The Morgan fingerprint density at radius 2 is 2.18 bits per heavy atom. The molecule has 0 aliphatic heterocycles. The molecule has 0 bridgehead atoms. The number of carbonyl (C=O) groups is 1. The Morgan fingerprint density at radius 1 is 1.39 bits per heavy atom. The van der Waals surface area contributed by atoms with E-state index in [0.717, 1.165) is 30.4 Å². The summed E-state index contributed by atoms with van der Waals surface area (Å²) in [7, 11) is 0. The number of carboxylic acid groups (broad SMARTS) is 1. The van der Waals surface area contributed by atoms with Crippen LogP contribution in [0.1, 0.15) is 56.1 Å². The Morgan fingerprint density at radius 3 is 2.89 bits per heavy atom. The predicted molar refractivity (Wildman–Crippen MR) is 103 cm³/mol. The van der Waals surface area contributed by atoms with Gasteiger partial charge in [0.1, 0.15) is 11.4 Å². The lowest BCUT2D eigenvalue weighted by molar-refractivity contribution is -0.142. The summed E-state index contributed by atoms with van der Waals surface area (Å²) in [5, 5.41) is 34.0. The molecule has 0 amide bonds. The van der Waals surface area contributed by atoms with E-state index in [0.29, 0.717) is 24.5 Å². The number of rotatable bonds is 3. The number of hydrogen-bond donors (Lipinski definition) is 3. The number of carboxylic acids is 1. The fourth-order valence-corrected chi connectivity index (χ4v) is 5.91. The first-order valence-electron chi connectivity index (χ1n) is 9.73. The molecular weight excluding hydrogens is 358 g/mol. The molecule has 5 atom stereocenters. The molecule has 3 N–H and O–H groups in total. The third-order valence-corrected chi connectivity index (χ3v) is 7.37. The molecule has 0 radical (unpaired) electrons. The summed E-state index contributed by atoms with van der Waals surface area (Å²) in [6.07, 6.45) is 9.53. The summed E-state index contributed by atoms with van der Waals surface area (Å²) < 4.78 is 0. The molecule has 0 saturated heterocycles. The van der Waals surface area contributed by atoms with Gasteiger partial charge < -0.3 is 20.2 Å². The van der Waals surface area contributed by atoms with Gasteiger partial charge in [0.05, 0.1) is 5.71 Å². The standard InChI is InChI=1S/C22H25NO5/c1-3-22(27)9-7-18-16-11-19(23-28-12-20(25)26)17-10-13(24)4-5-14(17)15(16)6-8-21(18,22)2/h1,4-5,10,15-16,18,24,27H,6-9,11-12H2,2H3,(H,25,26)/b23-19+/t15?,16?,18?,21?,22-/m0/s1. The SMILES string of the molecule is C#C[C@]1(O)CCC2C3C/C(=N\OCC(=O)O)c4cc(O)ccc4C3CCC21C. The largest absolute Gasteiger partial charge is 0.508 e. The van der Waals surface area contributed by atoms with Gasteiger partial charge in [-0.15, -0.1) is 6.42 Å². The lowest BCUT2D eigenvalue weighted by Crippen LogP contribution is -2.50. The van der Waals surface area contributed by atoms with E-state index in [1.54, 1.807) is 12.1 Å². The zero-order valence-electron chi connectivity index (χ0n) is 15.9. The molecular formula is C22H25NO5. The van der Waals surface area contributed by atoms with Crippen LogP contribution in [0.3, 0.4) is 0 Å². The van der Waals surface area contributed by atoms with E-state index in [1.807, 2.05) is 6.07 Å². The zero-order valence-corrected chi connectivity index (χ0v) is 15.9. The summed E-state index contributed by atoms with van der Waals surface area (Å²) >= 11 is 0. The van der Waals surface area contributed by atoms with Crippen LogP contribution in [0.15, 0.2) is 23.4 Å². The normalized spacial score (nSPS) is 37.5. The average molecular weight is 383 g/mol. The number of oxime groups is 1. The van der Waals surface area contributed by atoms with E-state index >= 15 is 0 Å². The zero-order chi connectivity index (χ0) is 20.1. The molecule has 0 aromatic heterocycles. The molecule has 0 heterocycles. The highest BCUT2D eigenvalue weighted by Gasteiger charge is 2.61. The second kappa shape index (κ2) is 6.52. The topological polar surface area (TPSA) is 99.4 Å². The molecule has 1 aromatic rings. The van der Waals surface area contributed by atoms with Gasteiger partial charge in [0.25, 0.3) is 0 Å². The van der Waals surface area contributed by atoms with Gasteiger partial charge in [-0.25, -0.2) is 4.79 Å². The van der Waals surface area contributed by atoms with Crippen molar-refractivity contribution in [1.29, 1.82) is 0 Å². The number of nitrogens with zero attached hydrogens (tertiary/aromatic N) is 1. The highest BCUT2D eigenvalue weighted by Crippen LogP contribution is 2.64. The molecule has 4 unspecified atom stereocenters. The van der Waals surface area contributed by atoms with Gasteiger partial charge in [-0.2, -0.15) is 0 Å². The molecule has 1 aromatic carbocycles. The molecule has 148 valence electrons. The van der Waals surface area contributed by atoms with Crippen molar-refractivity contribution in [2.75, 3.05) is 6.61 Å². The van der Waals surface area contributed by atoms with Crippen LogP contribution in [0, 0.1) is 29.6 Å². The Hall–Kier alpha value is -2.52.